The van der Waals surface area contributed by atoms with Crippen LogP contribution in [0.3, 0.4) is 0 Å². The van der Waals surface area contributed by atoms with Crippen molar-refractivity contribution in [1.82, 2.24) is 21.3 Å². The van der Waals surface area contributed by atoms with Gasteiger partial charge < -0.3 is 40.2 Å². The average molecular weight is 348 g/mol. The molecule has 0 aliphatic carbocycles. The van der Waals surface area contributed by atoms with Crippen molar-refractivity contribution in [2.24, 2.45) is 0 Å². The Labute approximate surface area is 146 Å². The number of hydrogen-bond acceptors (Lipinski definition) is 8. The van der Waals surface area contributed by atoms with Gasteiger partial charge in [0.2, 0.25) is 0 Å². The molecule has 8 heteroatoms. The summed E-state index contributed by atoms with van der Waals surface area (Å²) < 4.78 is 22.0. The van der Waals surface area contributed by atoms with Crippen molar-refractivity contribution in [3.63, 3.8) is 0 Å². The van der Waals surface area contributed by atoms with Crippen LogP contribution >= 0.6 is 0 Å². The molecule has 24 heavy (non-hydrogen) atoms. The van der Waals surface area contributed by atoms with E-state index in [4.69, 9.17) is 18.9 Å². The normalized spacial score (nSPS) is 24.0. The highest BCUT2D eigenvalue weighted by molar-refractivity contribution is 4.53. The van der Waals surface area contributed by atoms with Crippen molar-refractivity contribution >= 4 is 0 Å². The van der Waals surface area contributed by atoms with E-state index in [0.717, 1.165) is 78.8 Å². The molecule has 1 aliphatic rings. The second-order valence-corrected chi connectivity index (χ2v) is 5.45. The number of hydrogen-bond donors (Lipinski definition) is 4. The number of nitrogens with one attached hydrogen (secondary N) is 4. The lowest BCUT2D eigenvalue weighted by Crippen LogP contribution is -2.32. The second kappa shape index (κ2) is 19.0. The van der Waals surface area contributed by atoms with E-state index in [1.54, 1.807) is 0 Å². The predicted octanol–water partition coefficient (Wildman–Crippen LogP) is -1.58. The molecule has 0 aromatic rings. The smallest absolute Gasteiger partial charge is 0.0701 e. The molecule has 0 aromatic carbocycles. The minimum atomic E-state index is 0.652. The van der Waals surface area contributed by atoms with E-state index < -0.39 is 0 Å². The molecule has 0 radical (unpaired) electrons. The van der Waals surface area contributed by atoms with Crippen LogP contribution in [0.25, 0.3) is 0 Å². The van der Waals surface area contributed by atoms with Crippen molar-refractivity contribution in [1.29, 1.82) is 0 Å². The van der Waals surface area contributed by atoms with Crippen LogP contribution in [0.2, 0.25) is 0 Å². The van der Waals surface area contributed by atoms with Gasteiger partial charge in [0.05, 0.1) is 52.9 Å². The Morgan fingerprint density at radius 1 is 0.292 bits per heavy atom. The lowest BCUT2D eigenvalue weighted by Gasteiger charge is -2.10. The van der Waals surface area contributed by atoms with Crippen LogP contribution in [0.15, 0.2) is 0 Å². The van der Waals surface area contributed by atoms with Crippen LogP contribution in [-0.2, 0) is 18.9 Å². The van der Waals surface area contributed by atoms with E-state index >= 15 is 0 Å². The van der Waals surface area contributed by atoms with Gasteiger partial charge in [-0.2, -0.15) is 0 Å². The highest BCUT2D eigenvalue weighted by Gasteiger charge is 1.94. The molecule has 0 aromatic heterocycles. The summed E-state index contributed by atoms with van der Waals surface area (Å²) in [6.45, 7) is 12.7. The van der Waals surface area contributed by atoms with E-state index in [1.807, 2.05) is 0 Å². The van der Waals surface area contributed by atoms with Gasteiger partial charge in [-0.15, -0.1) is 0 Å². The molecule has 0 saturated carbocycles. The molecule has 1 fully saturated rings. The summed E-state index contributed by atoms with van der Waals surface area (Å²) in [5, 5.41) is 13.3. The summed E-state index contributed by atoms with van der Waals surface area (Å²) in [7, 11) is 0. The maximum Gasteiger partial charge on any atom is 0.0701 e. The summed E-state index contributed by atoms with van der Waals surface area (Å²) in [4.78, 5) is 0. The molecule has 8 nitrogen and oxygen atoms in total. The summed E-state index contributed by atoms with van der Waals surface area (Å²) in [6.07, 6.45) is 0. The highest BCUT2D eigenvalue weighted by atomic mass is 16.5. The van der Waals surface area contributed by atoms with Gasteiger partial charge in [0, 0.05) is 52.4 Å². The largest absolute Gasteiger partial charge is 0.378 e. The molecule has 1 rings (SSSR count). The lowest BCUT2D eigenvalue weighted by molar-refractivity contribution is 0.0485. The van der Waals surface area contributed by atoms with Crippen LogP contribution in [0.5, 0.6) is 0 Å². The van der Waals surface area contributed by atoms with Crippen molar-refractivity contribution in [2.45, 2.75) is 0 Å². The molecular formula is C16H36N4O4. The zero-order chi connectivity index (χ0) is 17.0. The second-order valence-electron chi connectivity index (χ2n) is 5.45. The first-order valence-electron chi connectivity index (χ1n) is 9.14. The van der Waals surface area contributed by atoms with Gasteiger partial charge in [-0.3, -0.25) is 0 Å². The zero-order valence-corrected chi connectivity index (χ0v) is 14.9. The summed E-state index contributed by atoms with van der Waals surface area (Å²) in [5.74, 6) is 0. The Hall–Kier alpha value is -0.320. The van der Waals surface area contributed by atoms with E-state index in [9.17, 15) is 0 Å². The Kier molecular flexibility index (Phi) is 17.2. The van der Waals surface area contributed by atoms with Crippen LogP contribution in [0.1, 0.15) is 0 Å². The minimum Gasteiger partial charge on any atom is -0.378 e. The van der Waals surface area contributed by atoms with Crippen LogP contribution in [-0.4, -0.2) is 105 Å². The van der Waals surface area contributed by atoms with E-state index in [-0.39, 0.29) is 0 Å². The number of ether oxygens (including phenoxy) is 4. The van der Waals surface area contributed by atoms with Crippen molar-refractivity contribution in [3.8, 4) is 0 Å². The zero-order valence-electron chi connectivity index (χ0n) is 14.9. The molecule has 0 unspecified atom stereocenters. The molecule has 0 spiro atoms. The average Bonchev–Trinajstić information content (AvgIpc) is 2.59. The fraction of sp³-hybridized carbons (Fsp3) is 1.00. The van der Waals surface area contributed by atoms with Gasteiger partial charge >= 0.3 is 0 Å². The van der Waals surface area contributed by atoms with Gasteiger partial charge in [0.1, 0.15) is 0 Å². The molecule has 1 aliphatic heterocycles. The molecular weight excluding hydrogens is 312 g/mol. The fourth-order valence-electron chi connectivity index (χ4n) is 2.07. The molecule has 144 valence electrons. The summed E-state index contributed by atoms with van der Waals surface area (Å²) >= 11 is 0. The standard InChI is InChI=1S/C16H36N4O4/c1-2-18-6-10-22-15-16-24-12-8-20-4-3-19-7-11-23-14-13-21-9-5-17-1/h17-20H,1-16H2. The SMILES string of the molecule is C1CNCCOCCOCCNCCNCCOCCOCCN1. The highest BCUT2D eigenvalue weighted by Crippen LogP contribution is 1.80. The Balaban J connectivity index is 2.00. The maximum absolute atomic E-state index is 5.50. The third-order valence-electron chi connectivity index (χ3n) is 3.39. The third kappa shape index (κ3) is 16.5. The predicted molar refractivity (Wildman–Crippen MR) is 94.8 cm³/mol. The van der Waals surface area contributed by atoms with E-state index in [0.29, 0.717) is 26.4 Å². The number of rotatable bonds is 0. The Bertz CT molecular complexity index is 140. The Morgan fingerprint density at radius 3 is 0.792 bits per heavy atom. The maximum atomic E-state index is 5.50. The molecule has 0 atom stereocenters. The van der Waals surface area contributed by atoms with Crippen molar-refractivity contribution in [3.05, 3.63) is 0 Å². The van der Waals surface area contributed by atoms with Crippen LogP contribution in [0.4, 0.5) is 0 Å². The van der Waals surface area contributed by atoms with Gasteiger partial charge in [-0.25, -0.2) is 0 Å². The first-order valence-corrected chi connectivity index (χ1v) is 9.14. The molecule has 0 amide bonds. The van der Waals surface area contributed by atoms with Crippen molar-refractivity contribution in [2.75, 3.05) is 105 Å². The van der Waals surface area contributed by atoms with E-state index in [1.165, 1.54) is 0 Å². The molecule has 0 bridgehead atoms. The quantitative estimate of drug-likeness (QED) is 0.418. The van der Waals surface area contributed by atoms with Crippen LogP contribution < -0.4 is 21.3 Å². The summed E-state index contributed by atoms with van der Waals surface area (Å²) in [6, 6.07) is 0. The van der Waals surface area contributed by atoms with Gasteiger partial charge in [-0.1, -0.05) is 0 Å². The van der Waals surface area contributed by atoms with Crippen LogP contribution in [0, 0.1) is 0 Å². The molecule has 1 heterocycles. The monoisotopic (exact) mass is 348 g/mol. The van der Waals surface area contributed by atoms with Gasteiger partial charge in [0.25, 0.3) is 0 Å². The molecule has 4 N–H and O–H groups in total. The molecule has 1 saturated heterocycles. The first-order chi connectivity index (χ1) is 12.0. The first kappa shape index (κ1) is 21.7. The lowest BCUT2D eigenvalue weighted by atomic mass is 10.5. The van der Waals surface area contributed by atoms with Crippen molar-refractivity contribution < 1.29 is 18.9 Å². The summed E-state index contributed by atoms with van der Waals surface area (Å²) in [5.41, 5.74) is 0. The van der Waals surface area contributed by atoms with Gasteiger partial charge in [0.15, 0.2) is 0 Å². The Morgan fingerprint density at radius 2 is 0.542 bits per heavy atom. The minimum absolute atomic E-state index is 0.652. The van der Waals surface area contributed by atoms with Gasteiger partial charge in [-0.05, 0) is 0 Å². The van der Waals surface area contributed by atoms with E-state index in [2.05, 4.69) is 21.3 Å². The topological polar surface area (TPSA) is 85.0 Å². The third-order valence-corrected chi connectivity index (χ3v) is 3.39. The fourth-order valence-corrected chi connectivity index (χ4v) is 2.07.